The normalized spacial score (nSPS) is 19.1. The van der Waals surface area contributed by atoms with Crippen LogP contribution in [0.25, 0.3) is 0 Å². The molecule has 1 saturated carbocycles. The topological polar surface area (TPSA) is 27.1 Å². The van der Waals surface area contributed by atoms with Crippen molar-refractivity contribution in [3.63, 3.8) is 0 Å². The van der Waals surface area contributed by atoms with Gasteiger partial charge in [0.2, 0.25) is 0 Å². The lowest BCUT2D eigenvalue weighted by Gasteiger charge is -2.34. The molecule has 0 aromatic carbocycles. The summed E-state index contributed by atoms with van der Waals surface area (Å²) in [4.78, 5) is 2.18. The van der Waals surface area contributed by atoms with Gasteiger partial charge in [-0.25, -0.2) is 0 Å². The Morgan fingerprint density at radius 3 is 2.23 bits per heavy atom. The minimum atomic E-state index is 0.368. The summed E-state index contributed by atoms with van der Waals surface area (Å²) in [5.41, 5.74) is 0. The molecule has 13 heavy (non-hydrogen) atoms. The predicted molar refractivity (Wildman–Crippen MR) is 57.2 cm³/mol. The summed E-state index contributed by atoms with van der Waals surface area (Å²) in [7, 11) is 2.08. The number of rotatable bonds is 2. The molecule has 0 heterocycles. The van der Waals surface area contributed by atoms with Crippen LogP contribution < -0.4 is 0 Å². The van der Waals surface area contributed by atoms with Gasteiger partial charge in [-0.15, -0.1) is 0 Å². The van der Waals surface area contributed by atoms with Gasteiger partial charge in [0, 0.05) is 19.0 Å². The summed E-state index contributed by atoms with van der Waals surface area (Å²) in [6.45, 7) is 4.20. The van der Waals surface area contributed by atoms with Crippen molar-refractivity contribution in [2.24, 2.45) is 5.92 Å². The van der Waals surface area contributed by atoms with Crippen molar-refractivity contribution >= 4 is 5.84 Å². The molecule has 1 rings (SSSR count). The van der Waals surface area contributed by atoms with Gasteiger partial charge in [-0.05, 0) is 12.8 Å². The summed E-state index contributed by atoms with van der Waals surface area (Å²) in [6.07, 6.45) is 6.65. The monoisotopic (exact) mass is 182 g/mol. The molecule has 0 atom stereocenters. The molecular formula is C11H22N2. The van der Waals surface area contributed by atoms with Crippen LogP contribution in [0.4, 0.5) is 0 Å². The Bertz CT molecular complexity index is 169. The van der Waals surface area contributed by atoms with Crippen molar-refractivity contribution in [1.82, 2.24) is 4.90 Å². The molecule has 0 amide bonds. The van der Waals surface area contributed by atoms with E-state index >= 15 is 0 Å². The first-order valence-electron chi connectivity index (χ1n) is 5.44. The van der Waals surface area contributed by atoms with Crippen LogP contribution in [0.3, 0.4) is 0 Å². The Hall–Kier alpha value is -0.530. The largest absolute Gasteiger partial charge is 0.360 e. The van der Waals surface area contributed by atoms with Crippen LogP contribution in [-0.2, 0) is 0 Å². The molecular weight excluding hydrogens is 160 g/mol. The van der Waals surface area contributed by atoms with E-state index in [0.29, 0.717) is 12.0 Å². The van der Waals surface area contributed by atoms with Gasteiger partial charge >= 0.3 is 0 Å². The standard InChI is InChI=1S/C11H22N2/c1-9(2)11(12)13(3)10-7-5-4-6-8-10/h9-10,12H,4-8H2,1-3H3. The van der Waals surface area contributed by atoms with E-state index in [2.05, 4.69) is 25.8 Å². The van der Waals surface area contributed by atoms with Crippen molar-refractivity contribution in [2.75, 3.05) is 7.05 Å². The zero-order valence-electron chi connectivity index (χ0n) is 9.14. The smallest absolute Gasteiger partial charge is 0.0983 e. The van der Waals surface area contributed by atoms with Crippen LogP contribution in [0.2, 0.25) is 0 Å². The first-order chi connectivity index (χ1) is 6.13. The van der Waals surface area contributed by atoms with E-state index in [9.17, 15) is 0 Å². The van der Waals surface area contributed by atoms with Crippen LogP contribution in [0.15, 0.2) is 0 Å². The first kappa shape index (κ1) is 10.6. The lowest BCUT2D eigenvalue weighted by molar-refractivity contribution is 0.269. The molecule has 1 fully saturated rings. The van der Waals surface area contributed by atoms with E-state index in [1.807, 2.05) is 0 Å². The maximum absolute atomic E-state index is 7.91. The van der Waals surface area contributed by atoms with Gasteiger partial charge in [0.05, 0.1) is 5.84 Å². The maximum atomic E-state index is 7.91. The fourth-order valence-electron chi connectivity index (χ4n) is 2.07. The highest BCUT2D eigenvalue weighted by Gasteiger charge is 2.20. The minimum absolute atomic E-state index is 0.368. The third-order valence-electron chi connectivity index (χ3n) is 3.05. The summed E-state index contributed by atoms with van der Waals surface area (Å²) in [5, 5.41) is 7.91. The van der Waals surface area contributed by atoms with E-state index in [0.717, 1.165) is 5.84 Å². The second kappa shape index (κ2) is 4.64. The zero-order valence-corrected chi connectivity index (χ0v) is 9.14. The number of hydrogen-bond donors (Lipinski definition) is 1. The second-order valence-electron chi connectivity index (χ2n) is 4.44. The van der Waals surface area contributed by atoms with Crippen LogP contribution in [-0.4, -0.2) is 23.8 Å². The minimum Gasteiger partial charge on any atom is -0.360 e. The molecule has 0 aromatic rings. The van der Waals surface area contributed by atoms with E-state index in [1.54, 1.807) is 0 Å². The quantitative estimate of drug-likeness (QED) is 0.516. The zero-order chi connectivity index (χ0) is 9.84. The Kier molecular flexibility index (Phi) is 3.76. The van der Waals surface area contributed by atoms with Crippen molar-refractivity contribution in [1.29, 1.82) is 5.41 Å². The summed E-state index contributed by atoms with van der Waals surface area (Å²) in [6, 6.07) is 0.642. The summed E-state index contributed by atoms with van der Waals surface area (Å²) in [5.74, 6) is 1.17. The highest BCUT2D eigenvalue weighted by Crippen LogP contribution is 2.22. The summed E-state index contributed by atoms with van der Waals surface area (Å²) >= 11 is 0. The molecule has 2 heteroatoms. The molecule has 0 bridgehead atoms. The molecule has 1 aliphatic rings. The van der Waals surface area contributed by atoms with E-state index in [4.69, 9.17) is 5.41 Å². The van der Waals surface area contributed by atoms with E-state index in [-0.39, 0.29) is 0 Å². The number of amidine groups is 1. The predicted octanol–water partition coefficient (Wildman–Crippen LogP) is 2.88. The van der Waals surface area contributed by atoms with E-state index in [1.165, 1.54) is 32.1 Å². The summed E-state index contributed by atoms with van der Waals surface area (Å²) < 4.78 is 0. The first-order valence-corrected chi connectivity index (χ1v) is 5.44. The van der Waals surface area contributed by atoms with Crippen molar-refractivity contribution in [3.05, 3.63) is 0 Å². The van der Waals surface area contributed by atoms with Crippen molar-refractivity contribution < 1.29 is 0 Å². The van der Waals surface area contributed by atoms with Gasteiger partial charge in [0.1, 0.15) is 0 Å². The molecule has 76 valence electrons. The molecule has 0 aromatic heterocycles. The Labute approximate surface area is 81.8 Å². The van der Waals surface area contributed by atoms with Gasteiger partial charge in [-0.1, -0.05) is 33.1 Å². The molecule has 0 saturated heterocycles. The number of hydrogen-bond acceptors (Lipinski definition) is 1. The molecule has 1 N–H and O–H groups in total. The highest BCUT2D eigenvalue weighted by molar-refractivity contribution is 5.81. The Morgan fingerprint density at radius 1 is 1.23 bits per heavy atom. The van der Waals surface area contributed by atoms with Gasteiger partial charge in [-0.3, -0.25) is 5.41 Å². The van der Waals surface area contributed by atoms with Crippen LogP contribution in [0.1, 0.15) is 46.0 Å². The van der Waals surface area contributed by atoms with Crippen LogP contribution in [0, 0.1) is 11.3 Å². The second-order valence-corrected chi connectivity index (χ2v) is 4.44. The molecule has 0 radical (unpaired) electrons. The molecule has 0 spiro atoms. The Morgan fingerprint density at radius 2 is 1.77 bits per heavy atom. The van der Waals surface area contributed by atoms with Crippen molar-refractivity contribution in [2.45, 2.75) is 52.0 Å². The molecule has 1 aliphatic carbocycles. The van der Waals surface area contributed by atoms with Crippen LogP contribution >= 0.6 is 0 Å². The number of nitrogens with one attached hydrogen (secondary N) is 1. The van der Waals surface area contributed by atoms with Crippen molar-refractivity contribution in [3.8, 4) is 0 Å². The average molecular weight is 182 g/mol. The molecule has 0 unspecified atom stereocenters. The van der Waals surface area contributed by atoms with Gasteiger partial charge in [-0.2, -0.15) is 0 Å². The SMILES string of the molecule is CC(C)C(=N)N(C)C1CCCCC1. The fraction of sp³-hybridized carbons (Fsp3) is 0.909. The molecule has 0 aliphatic heterocycles. The van der Waals surface area contributed by atoms with E-state index < -0.39 is 0 Å². The Balaban J connectivity index is 2.45. The van der Waals surface area contributed by atoms with Crippen LogP contribution in [0.5, 0.6) is 0 Å². The average Bonchev–Trinajstić information content (AvgIpc) is 2.17. The lowest BCUT2D eigenvalue weighted by atomic mass is 9.94. The highest BCUT2D eigenvalue weighted by atomic mass is 15.2. The third kappa shape index (κ3) is 2.71. The number of nitrogens with zero attached hydrogens (tertiary/aromatic N) is 1. The lowest BCUT2D eigenvalue weighted by Crippen LogP contribution is -2.40. The fourth-order valence-corrected chi connectivity index (χ4v) is 2.07. The van der Waals surface area contributed by atoms with Gasteiger partial charge in [0.15, 0.2) is 0 Å². The third-order valence-corrected chi connectivity index (χ3v) is 3.05. The van der Waals surface area contributed by atoms with Gasteiger partial charge in [0.25, 0.3) is 0 Å². The molecule has 2 nitrogen and oxygen atoms in total. The maximum Gasteiger partial charge on any atom is 0.0983 e. The van der Waals surface area contributed by atoms with Gasteiger partial charge < -0.3 is 4.90 Å².